The van der Waals surface area contributed by atoms with Crippen molar-refractivity contribution in [3.8, 4) is 0 Å². The Morgan fingerprint density at radius 3 is 2.28 bits per heavy atom. The molecule has 0 bridgehead atoms. The molecule has 0 aliphatic carbocycles. The van der Waals surface area contributed by atoms with Gasteiger partial charge in [-0.15, -0.1) is 0 Å². The van der Waals surface area contributed by atoms with Crippen LogP contribution in [0.3, 0.4) is 0 Å². The van der Waals surface area contributed by atoms with E-state index in [4.69, 9.17) is 0 Å². The number of aromatic nitrogens is 3. The molecule has 0 atom stereocenters. The molecule has 0 aliphatic rings. The summed E-state index contributed by atoms with van der Waals surface area (Å²) in [7, 11) is 1.35. The lowest BCUT2D eigenvalue weighted by Crippen LogP contribution is -2.32. The molecule has 6 heteroatoms. The van der Waals surface area contributed by atoms with Crippen LogP contribution >= 0.6 is 0 Å². The van der Waals surface area contributed by atoms with Gasteiger partial charge in [0.2, 0.25) is 0 Å². The first kappa shape index (κ1) is 12.1. The van der Waals surface area contributed by atoms with Gasteiger partial charge in [-0.1, -0.05) is 18.2 Å². The predicted octanol–water partition coefficient (Wildman–Crippen LogP) is 0.0569. The van der Waals surface area contributed by atoms with Crippen molar-refractivity contribution in [2.75, 3.05) is 0 Å². The highest BCUT2D eigenvalue weighted by atomic mass is 16.2. The second-order valence-electron chi connectivity index (χ2n) is 3.82. The number of benzene rings is 1. The van der Waals surface area contributed by atoms with Crippen LogP contribution in [0.2, 0.25) is 0 Å². The van der Waals surface area contributed by atoms with E-state index >= 15 is 0 Å². The Labute approximate surface area is 103 Å². The first-order chi connectivity index (χ1) is 8.57. The number of hydrogen-bond acceptors (Lipinski definition) is 3. The van der Waals surface area contributed by atoms with E-state index in [1.165, 1.54) is 7.05 Å². The fraction of sp³-hybridized carbons (Fsp3) is 0.250. The van der Waals surface area contributed by atoms with Crippen LogP contribution in [0.1, 0.15) is 17.3 Å². The van der Waals surface area contributed by atoms with Crippen LogP contribution in [0.15, 0.2) is 39.9 Å². The quantitative estimate of drug-likeness (QED) is 0.753. The third-order valence-electron chi connectivity index (χ3n) is 2.73. The van der Waals surface area contributed by atoms with Crippen LogP contribution in [0.5, 0.6) is 0 Å². The summed E-state index contributed by atoms with van der Waals surface area (Å²) in [6, 6.07) is 8.39. The van der Waals surface area contributed by atoms with Crippen LogP contribution in [-0.4, -0.2) is 19.8 Å². The van der Waals surface area contributed by atoms with Crippen LogP contribution < -0.4 is 11.4 Å². The summed E-state index contributed by atoms with van der Waals surface area (Å²) in [6.07, 6.45) is 0. The van der Waals surface area contributed by atoms with Crippen molar-refractivity contribution in [3.63, 3.8) is 0 Å². The van der Waals surface area contributed by atoms with E-state index in [1.54, 1.807) is 37.3 Å². The molecule has 1 heterocycles. The Kier molecular flexibility index (Phi) is 3.01. The van der Waals surface area contributed by atoms with Crippen molar-refractivity contribution >= 4 is 5.91 Å². The zero-order valence-electron chi connectivity index (χ0n) is 10.2. The van der Waals surface area contributed by atoms with Gasteiger partial charge in [0.25, 0.3) is 5.91 Å². The molecule has 0 spiro atoms. The SMILES string of the molecule is CCn1c(=O)n(C)c(=O)n1C(=O)c1ccccc1. The summed E-state index contributed by atoms with van der Waals surface area (Å²) >= 11 is 0. The van der Waals surface area contributed by atoms with E-state index in [0.29, 0.717) is 5.56 Å². The highest BCUT2D eigenvalue weighted by Crippen LogP contribution is 2.00. The van der Waals surface area contributed by atoms with Gasteiger partial charge in [-0.05, 0) is 19.1 Å². The minimum Gasteiger partial charge on any atom is -0.267 e. The summed E-state index contributed by atoms with van der Waals surface area (Å²) in [4.78, 5) is 35.8. The summed E-state index contributed by atoms with van der Waals surface area (Å²) in [5.41, 5.74) is -0.755. The van der Waals surface area contributed by atoms with Gasteiger partial charge >= 0.3 is 11.4 Å². The Balaban J connectivity index is 2.67. The van der Waals surface area contributed by atoms with Gasteiger partial charge in [0, 0.05) is 19.2 Å². The highest BCUT2D eigenvalue weighted by Gasteiger charge is 2.19. The molecule has 0 aliphatic heterocycles. The standard InChI is InChI=1S/C12H13N3O3/c1-3-14-11(17)13(2)12(18)15(14)10(16)9-7-5-4-6-8-9/h4-8H,3H2,1-2H3. The molecule has 2 aromatic rings. The molecule has 1 aromatic heterocycles. The van der Waals surface area contributed by atoms with E-state index in [2.05, 4.69) is 0 Å². The molecule has 1 aromatic carbocycles. The fourth-order valence-corrected chi connectivity index (χ4v) is 1.76. The minimum atomic E-state index is -0.629. The first-order valence-electron chi connectivity index (χ1n) is 5.56. The maximum atomic E-state index is 12.2. The van der Waals surface area contributed by atoms with Crippen molar-refractivity contribution in [1.29, 1.82) is 0 Å². The topological polar surface area (TPSA) is 66.0 Å². The molecule has 0 saturated carbocycles. The van der Waals surface area contributed by atoms with Gasteiger partial charge in [0.1, 0.15) is 0 Å². The van der Waals surface area contributed by atoms with Gasteiger partial charge in [0.15, 0.2) is 0 Å². The second-order valence-corrected chi connectivity index (χ2v) is 3.82. The van der Waals surface area contributed by atoms with Gasteiger partial charge in [0.05, 0.1) is 0 Å². The summed E-state index contributed by atoms with van der Waals surface area (Å²) < 4.78 is 2.92. The number of carbonyl (C=O) groups excluding carboxylic acids is 1. The molecule has 94 valence electrons. The Bertz CT molecular complexity index is 692. The van der Waals surface area contributed by atoms with E-state index in [-0.39, 0.29) is 6.54 Å². The average Bonchev–Trinajstić information content (AvgIpc) is 2.63. The maximum Gasteiger partial charge on any atom is 0.354 e. The number of hydrogen-bond donors (Lipinski definition) is 0. The third-order valence-corrected chi connectivity index (χ3v) is 2.73. The lowest BCUT2D eigenvalue weighted by Gasteiger charge is -2.05. The summed E-state index contributed by atoms with van der Waals surface area (Å²) in [5.74, 6) is -0.500. The van der Waals surface area contributed by atoms with E-state index in [0.717, 1.165) is 13.9 Å². The zero-order valence-corrected chi connectivity index (χ0v) is 10.2. The molecule has 0 fully saturated rings. The van der Waals surface area contributed by atoms with Crippen LogP contribution in [0.25, 0.3) is 0 Å². The van der Waals surface area contributed by atoms with Crippen molar-refractivity contribution < 1.29 is 4.79 Å². The van der Waals surface area contributed by atoms with Crippen molar-refractivity contribution in [2.24, 2.45) is 7.05 Å². The van der Waals surface area contributed by atoms with Crippen LogP contribution in [0, 0.1) is 0 Å². The lowest BCUT2D eigenvalue weighted by molar-refractivity contribution is 0.0921. The van der Waals surface area contributed by atoms with Gasteiger partial charge in [-0.2, -0.15) is 4.68 Å². The maximum absolute atomic E-state index is 12.2. The average molecular weight is 247 g/mol. The van der Waals surface area contributed by atoms with E-state index in [9.17, 15) is 14.4 Å². The fourth-order valence-electron chi connectivity index (χ4n) is 1.76. The Morgan fingerprint density at radius 1 is 1.11 bits per heavy atom. The first-order valence-corrected chi connectivity index (χ1v) is 5.56. The molecule has 0 radical (unpaired) electrons. The Hall–Kier alpha value is -2.37. The minimum absolute atomic E-state index is 0.257. The van der Waals surface area contributed by atoms with Crippen LogP contribution in [-0.2, 0) is 13.6 Å². The molecule has 18 heavy (non-hydrogen) atoms. The van der Waals surface area contributed by atoms with E-state index in [1.807, 2.05) is 0 Å². The highest BCUT2D eigenvalue weighted by molar-refractivity contribution is 5.95. The summed E-state index contributed by atoms with van der Waals surface area (Å²) in [5, 5.41) is 0. The predicted molar refractivity (Wildman–Crippen MR) is 65.8 cm³/mol. The van der Waals surface area contributed by atoms with Crippen molar-refractivity contribution in [3.05, 3.63) is 56.9 Å². The molecule has 6 nitrogen and oxygen atoms in total. The van der Waals surface area contributed by atoms with Crippen molar-refractivity contribution in [2.45, 2.75) is 13.5 Å². The number of nitrogens with zero attached hydrogens (tertiary/aromatic N) is 3. The number of rotatable bonds is 2. The monoisotopic (exact) mass is 247 g/mol. The summed E-state index contributed by atoms with van der Waals surface area (Å²) in [6.45, 7) is 1.96. The lowest BCUT2D eigenvalue weighted by atomic mass is 10.2. The zero-order chi connectivity index (χ0) is 13.3. The smallest absolute Gasteiger partial charge is 0.267 e. The van der Waals surface area contributed by atoms with Crippen LogP contribution in [0.4, 0.5) is 0 Å². The van der Waals surface area contributed by atoms with E-state index < -0.39 is 17.3 Å². The van der Waals surface area contributed by atoms with Crippen molar-refractivity contribution in [1.82, 2.24) is 13.9 Å². The second kappa shape index (κ2) is 4.48. The normalized spacial score (nSPS) is 10.6. The largest absolute Gasteiger partial charge is 0.354 e. The molecular weight excluding hydrogens is 234 g/mol. The van der Waals surface area contributed by atoms with Gasteiger partial charge in [-0.25, -0.2) is 18.8 Å². The molecule has 0 saturated heterocycles. The van der Waals surface area contributed by atoms with Gasteiger partial charge < -0.3 is 0 Å². The molecule has 0 unspecified atom stereocenters. The third kappa shape index (κ3) is 1.71. The Morgan fingerprint density at radius 2 is 1.72 bits per heavy atom. The molecule has 0 amide bonds. The molecule has 0 N–H and O–H groups in total. The van der Waals surface area contributed by atoms with Gasteiger partial charge in [-0.3, -0.25) is 4.79 Å². The molecular formula is C12H13N3O3. The number of carbonyl (C=O) groups is 1. The molecule has 2 rings (SSSR count).